The van der Waals surface area contributed by atoms with Crippen molar-refractivity contribution in [1.82, 2.24) is 14.9 Å². The molecule has 0 saturated heterocycles. The number of nitrogens with two attached hydrogens (primary N) is 1. The Labute approximate surface area is 180 Å². The van der Waals surface area contributed by atoms with E-state index >= 15 is 0 Å². The molecule has 0 atom stereocenters. The molecule has 3 N–H and O–H groups in total. The first-order valence-electron chi connectivity index (χ1n) is 9.77. The third kappa shape index (κ3) is 4.50. The molecular formula is C23H22N4O3S. The van der Waals surface area contributed by atoms with Crippen LogP contribution in [-0.2, 0) is 16.4 Å². The van der Waals surface area contributed by atoms with Gasteiger partial charge in [-0.25, -0.2) is 18.5 Å². The summed E-state index contributed by atoms with van der Waals surface area (Å²) < 4.78 is 24.7. The van der Waals surface area contributed by atoms with Crippen molar-refractivity contribution in [2.24, 2.45) is 5.14 Å². The summed E-state index contributed by atoms with van der Waals surface area (Å²) >= 11 is 0. The average Bonchev–Trinajstić information content (AvgIpc) is 3.09. The molecule has 1 amide bonds. The molecule has 0 spiro atoms. The summed E-state index contributed by atoms with van der Waals surface area (Å²) in [5, 5.41) is 8.00. The number of nitrogens with zero attached hydrogens (tertiary/aromatic N) is 2. The number of aryl methyl sites for hydroxylation is 1. The SMILES string of the molecule is Cc1nc2cc(C(=O)NCCc3ccc(S(N)(=O)=O)cc3)ccc2n1-c1ccccc1. The van der Waals surface area contributed by atoms with Crippen molar-refractivity contribution >= 4 is 27.0 Å². The fraction of sp³-hybridized carbons (Fsp3) is 0.130. The summed E-state index contributed by atoms with van der Waals surface area (Å²) in [7, 11) is -3.70. The molecule has 3 aromatic carbocycles. The molecule has 0 aliphatic rings. The van der Waals surface area contributed by atoms with Crippen LogP contribution in [0.15, 0.2) is 77.7 Å². The Bertz CT molecular complexity index is 1350. The molecule has 8 heteroatoms. The first-order valence-corrected chi connectivity index (χ1v) is 11.3. The highest BCUT2D eigenvalue weighted by Gasteiger charge is 2.13. The molecular weight excluding hydrogens is 412 g/mol. The van der Waals surface area contributed by atoms with Crippen molar-refractivity contribution < 1.29 is 13.2 Å². The third-order valence-electron chi connectivity index (χ3n) is 5.05. The predicted molar refractivity (Wildman–Crippen MR) is 120 cm³/mol. The number of carbonyl (C=O) groups is 1. The van der Waals surface area contributed by atoms with Crippen molar-refractivity contribution in [3.63, 3.8) is 0 Å². The molecule has 0 unspecified atom stereocenters. The molecule has 0 bridgehead atoms. The van der Waals surface area contributed by atoms with Gasteiger partial charge in [-0.3, -0.25) is 9.36 Å². The first kappa shape index (κ1) is 20.8. The lowest BCUT2D eigenvalue weighted by molar-refractivity contribution is 0.0954. The maximum Gasteiger partial charge on any atom is 0.251 e. The van der Waals surface area contributed by atoms with Crippen LogP contribution in [-0.4, -0.2) is 30.4 Å². The van der Waals surface area contributed by atoms with Crippen LogP contribution in [0.5, 0.6) is 0 Å². The van der Waals surface area contributed by atoms with E-state index in [1.165, 1.54) is 12.1 Å². The lowest BCUT2D eigenvalue weighted by Gasteiger charge is -2.08. The molecule has 7 nitrogen and oxygen atoms in total. The molecule has 4 rings (SSSR count). The van der Waals surface area contributed by atoms with Crippen molar-refractivity contribution in [1.29, 1.82) is 0 Å². The Morgan fingerprint density at radius 3 is 2.42 bits per heavy atom. The van der Waals surface area contributed by atoms with Crippen molar-refractivity contribution in [3.05, 3.63) is 89.7 Å². The van der Waals surface area contributed by atoms with E-state index < -0.39 is 10.0 Å². The van der Waals surface area contributed by atoms with Crippen molar-refractivity contribution in [2.45, 2.75) is 18.2 Å². The predicted octanol–water partition coefficient (Wildman–Crippen LogP) is 2.95. The number of primary sulfonamides is 1. The molecule has 0 aliphatic heterocycles. The minimum absolute atomic E-state index is 0.0684. The summed E-state index contributed by atoms with van der Waals surface area (Å²) in [6.45, 7) is 2.36. The van der Waals surface area contributed by atoms with Crippen LogP contribution in [0.1, 0.15) is 21.7 Å². The van der Waals surface area contributed by atoms with Gasteiger partial charge in [0.15, 0.2) is 0 Å². The van der Waals surface area contributed by atoms with E-state index in [0.29, 0.717) is 18.5 Å². The number of benzene rings is 3. The number of hydrogen-bond donors (Lipinski definition) is 2. The Hall–Kier alpha value is -3.49. The zero-order valence-corrected chi connectivity index (χ0v) is 17.8. The van der Waals surface area contributed by atoms with Crippen LogP contribution in [0, 0.1) is 6.92 Å². The number of sulfonamides is 1. The molecule has 0 saturated carbocycles. The van der Waals surface area contributed by atoms with Crippen molar-refractivity contribution in [2.75, 3.05) is 6.54 Å². The highest BCUT2D eigenvalue weighted by atomic mass is 32.2. The van der Waals surface area contributed by atoms with E-state index in [-0.39, 0.29) is 10.8 Å². The Kier molecular flexibility index (Phi) is 5.58. The van der Waals surface area contributed by atoms with Crippen LogP contribution in [0.2, 0.25) is 0 Å². The summed E-state index contributed by atoms with van der Waals surface area (Å²) in [4.78, 5) is 17.3. The molecule has 0 aliphatic carbocycles. The standard InChI is InChI=1S/C23H22N4O3S/c1-16-26-21-15-18(9-12-22(21)27(16)19-5-3-2-4-6-19)23(28)25-14-13-17-7-10-20(11-8-17)31(24,29)30/h2-12,15H,13-14H2,1H3,(H,25,28)(H2,24,29,30). The lowest BCUT2D eigenvalue weighted by atomic mass is 10.1. The highest BCUT2D eigenvalue weighted by molar-refractivity contribution is 7.89. The number of aromatic nitrogens is 2. The summed E-state index contributed by atoms with van der Waals surface area (Å²) in [6, 6.07) is 21.8. The van der Waals surface area contributed by atoms with Gasteiger partial charge in [-0.1, -0.05) is 30.3 Å². The van der Waals surface area contributed by atoms with Gasteiger partial charge in [0.05, 0.1) is 15.9 Å². The second-order valence-electron chi connectivity index (χ2n) is 7.23. The summed E-state index contributed by atoms with van der Waals surface area (Å²) in [5.41, 5.74) is 4.16. The van der Waals surface area contributed by atoms with Crippen LogP contribution < -0.4 is 10.5 Å². The van der Waals surface area contributed by atoms with E-state index in [4.69, 9.17) is 5.14 Å². The molecule has 0 radical (unpaired) electrons. The monoisotopic (exact) mass is 434 g/mol. The maximum absolute atomic E-state index is 12.6. The van der Waals surface area contributed by atoms with E-state index in [2.05, 4.69) is 14.9 Å². The van der Waals surface area contributed by atoms with Gasteiger partial charge in [0.25, 0.3) is 5.91 Å². The van der Waals surface area contributed by atoms with Gasteiger partial charge in [0.2, 0.25) is 10.0 Å². The normalized spacial score (nSPS) is 11.5. The highest BCUT2D eigenvalue weighted by Crippen LogP contribution is 2.22. The Morgan fingerprint density at radius 2 is 1.74 bits per heavy atom. The largest absolute Gasteiger partial charge is 0.352 e. The van der Waals surface area contributed by atoms with Gasteiger partial charge in [-0.05, 0) is 61.4 Å². The van der Waals surface area contributed by atoms with Crippen LogP contribution >= 0.6 is 0 Å². The van der Waals surface area contributed by atoms with Crippen molar-refractivity contribution in [3.8, 4) is 5.69 Å². The first-order chi connectivity index (χ1) is 14.8. The van der Waals surface area contributed by atoms with Gasteiger partial charge in [-0.2, -0.15) is 0 Å². The smallest absolute Gasteiger partial charge is 0.251 e. The quantitative estimate of drug-likeness (QED) is 0.486. The van der Waals surface area contributed by atoms with Gasteiger partial charge < -0.3 is 5.32 Å². The number of amides is 1. The molecule has 1 aromatic heterocycles. The zero-order valence-electron chi connectivity index (χ0n) is 16.9. The fourth-order valence-electron chi connectivity index (χ4n) is 3.51. The van der Waals surface area contributed by atoms with Gasteiger partial charge >= 0.3 is 0 Å². The molecule has 4 aromatic rings. The Balaban J connectivity index is 1.45. The minimum Gasteiger partial charge on any atom is -0.352 e. The summed E-state index contributed by atoms with van der Waals surface area (Å²) in [6.07, 6.45) is 0.570. The van der Waals surface area contributed by atoms with Crippen LogP contribution in [0.25, 0.3) is 16.7 Å². The maximum atomic E-state index is 12.6. The van der Waals surface area contributed by atoms with E-state index in [9.17, 15) is 13.2 Å². The molecule has 1 heterocycles. The Morgan fingerprint density at radius 1 is 1.03 bits per heavy atom. The van der Waals surface area contributed by atoms with Gasteiger partial charge in [0.1, 0.15) is 5.82 Å². The number of nitrogens with one attached hydrogen (secondary N) is 1. The van der Waals surface area contributed by atoms with E-state index in [1.807, 2.05) is 43.3 Å². The number of carbonyl (C=O) groups excluding carboxylic acids is 1. The number of rotatable bonds is 6. The molecule has 0 fully saturated rings. The number of para-hydroxylation sites is 1. The van der Waals surface area contributed by atoms with E-state index in [0.717, 1.165) is 28.1 Å². The third-order valence-corrected chi connectivity index (χ3v) is 5.98. The second kappa shape index (κ2) is 8.33. The molecule has 158 valence electrons. The summed E-state index contributed by atoms with van der Waals surface area (Å²) in [5.74, 6) is 0.664. The van der Waals surface area contributed by atoms with E-state index in [1.54, 1.807) is 24.3 Å². The molecule has 31 heavy (non-hydrogen) atoms. The minimum atomic E-state index is -3.70. The fourth-order valence-corrected chi connectivity index (χ4v) is 4.03. The van der Waals surface area contributed by atoms with Crippen LogP contribution in [0.4, 0.5) is 0 Å². The topological polar surface area (TPSA) is 107 Å². The van der Waals surface area contributed by atoms with Crippen LogP contribution in [0.3, 0.4) is 0 Å². The second-order valence-corrected chi connectivity index (χ2v) is 8.79. The van der Waals surface area contributed by atoms with Gasteiger partial charge in [0, 0.05) is 17.8 Å². The lowest BCUT2D eigenvalue weighted by Crippen LogP contribution is -2.25. The number of fused-ring (bicyclic) bond motifs is 1. The average molecular weight is 435 g/mol. The zero-order chi connectivity index (χ0) is 22.0. The van der Waals surface area contributed by atoms with Gasteiger partial charge in [-0.15, -0.1) is 0 Å². The number of hydrogen-bond acceptors (Lipinski definition) is 4. The number of imidazole rings is 1.